The number of amides is 1. The third-order valence-corrected chi connectivity index (χ3v) is 20.7. The summed E-state index contributed by atoms with van der Waals surface area (Å²) < 4.78 is 5.52. The van der Waals surface area contributed by atoms with Gasteiger partial charge in [0, 0.05) is 12.8 Å². The quantitative estimate of drug-likeness (QED) is 0.0320. The van der Waals surface area contributed by atoms with Crippen LogP contribution in [0.25, 0.3) is 0 Å². The van der Waals surface area contributed by atoms with E-state index in [-0.39, 0.29) is 18.5 Å². The molecule has 0 aliphatic rings. The van der Waals surface area contributed by atoms with Gasteiger partial charge in [0.05, 0.1) is 25.4 Å². The molecule has 0 aromatic carbocycles. The molecule has 0 rings (SSSR count). The van der Waals surface area contributed by atoms with Crippen molar-refractivity contribution in [1.82, 2.24) is 5.32 Å². The summed E-state index contributed by atoms with van der Waals surface area (Å²) in [5.41, 5.74) is 0. The number of unbranched alkanes of at least 4 members (excludes halogenated alkanes) is 66. The van der Waals surface area contributed by atoms with E-state index in [1.54, 1.807) is 0 Å². The first-order valence-electron chi connectivity index (χ1n) is 43.7. The van der Waals surface area contributed by atoms with E-state index in [0.717, 1.165) is 51.4 Å². The van der Waals surface area contributed by atoms with Crippen LogP contribution in [-0.2, 0) is 14.3 Å². The lowest BCUT2D eigenvalue weighted by Crippen LogP contribution is -2.45. The highest BCUT2D eigenvalue weighted by molar-refractivity contribution is 5.76. The van der Waals surface area contributed by atoms with Crippen molar-refractivity contribution in [2.75, 3.05) is 13.2 Å². The maximum absolute atomic E-state index is 12.6. The standard InChI is InChI=1S/C89H171NO5/c1-3-5-7-9-11-13-15-17-19-21-23-43-46-49-53-57-61-65-69-73-77-81-87(92)86(85-91)90-88(93)82-78-74-70-66-62-58-54-50-47-44-41-39-37-35-33-31-29-27-25-24-26-28-30-32-34-36-38-40-42-45-48-52-56-60-64-68-72-76-80-84-95-89(94)83-79-75-71-67-63-59-55-51-22-20-18-16-14-12-10-8-6-4-2/h20,22,24-25,28,30,86-87,91-92H,3-19,21,23,26-27,29,31-85H2,1-2H3,(H,90,93)/b22-20-,25-24-,30-28-. The van der Waals surface area contributed by atoms with Crippen LogP contribution in [0, 0.1) is 0 Å². The zero-order valence-corrected chi connectivity index (χ0v) is 64.7. The highest BCUT2D eigenvalue weighted by Crippen LogP contribution is 2.21. The molecule has 0 aliphatic carbocycles. The van der Waals surface area contributed by atoms with Gasteiger partial charge in [-0.3, -0.25) is 9.59 Å². The first-order valence-corrected chi connectivity index (χ1v) is 43.7. The Morgan fingerprint density at radius 2 is 0.526 bits per heavy atom. The Morgan fingerprint density at radius 3 is 0.811 bits per heavy atom. The monoisotopic (exact) mass is 1330 g/mol. The Hall–Kier alpha value is -1.92. The molecule has 1 amide bonds. The SMILES string of the molecule is CCCCCCCCC/C=C\CCCCCCCCCC(=O)OCCCCCCCCCCCCCCCCC/C=C\C/C=C\CCCCCCCCCCCCCCCCCCCC(=O)NC(CO)C(O)CCCCCCCCCCCCCCCCCCCCCCC. The molecule has 0 saturated heterocycles. The summed E-state index contributed by atoms with van der Waals surface area (Å²) >= 11 is 0. The van der Waals surface area contributed by atoms with E-state index in [9.17, 15) is 19.8 Å². The van der Waals surface area contributed by atoms with Crippen LogP contribution in [0.1, 0.15) is 495 Å². The number of carbonyl (C=O) groups excluding carboxylic acids is 2. The van der Waals surface area contributed by atoms with Crippen molar-refractivity contribution in [3.63, 3.8) is 0 Å². The van der Waals surface area contributed by atoms with Crippen molar-refractivity contribution in [2.24, 2.45) is 0 Å². The van der Waals surface area contributed by atoms with Crippen LogP contribution in [0.5, 0.6) is 0 Å². The van der Waals surface area contributed by atoms with Crippen LogP contribution in [0.4, 0.5) is 0 Å². The van der Waals surface area contributed by atoms with E-state index < -0.39 is 12.1 Å². The zero-order chi connectivity index (χ0) is 68.4. The van der Waals surface area contributed by atoms with Gasteiger partial charge >= 0.3 is 5.97 Å². The molecule has 2 unspecified atom stereocenters. The highest BCUT2D eigenvalue weighted by atomic mass is 16.5. The minimum absolute atomic E-state index is 0.0184. The van der Waals surface area contributed by atoms with Crippen molar-refractivity contribution in [3.05, 3.63) is 36.5 Å². The molecule has 0 aliphatic heterocycles. The normalized spacial score (nSPS) is 12.6. The lowest BCUT2D eigenvalue weighted by Gasteiger charge is -2.22. The Kier molecular flexibility index (Phi) is 82.8. The predicted octanol–water partition coefficient (Wildman–Crippen LogP) is 29.3. The fraction of sp³-hybridized carbons (Fsp3) is 0.910. The van der Waals surface area contributed by atoms with E-state index >= 15 is 0 Å². The van der Waals surface area contributed by atoms with Crippen molar-refractivity contribution in [1.29, 1.82) is 0 Å². The molecular weight excluding hydrogens is 1160 g/mol. The van der Waals surface area contributed by atoms with Crippen LogP contribution in [-0.4, -0.2) is 47.4 Å². The second-order valence-corrected chi connectivity index (χ2v) is 30.2. The smallest absolute Gasteiger partial charge is 0.305 e. The third-order valence-electron chi connectivity index (χ3n) is 20.7. The fourth-order valence-corrected chi connectivity index (χ4v) is 14.0. The molecule has 6 heteroatoms. The molecule has 0 fully saturated rings. The number of rotatable bonds is 83. The van der Waals surface area contributed by atoms with E-state index in [2.05, 4.69) is 55.6 Å². The molecule has 0 aromatic rings. The van der Waals surface area contributed by atoms with Gasteiger partial charge in [-0.15, -0.1) is 0 Å². The number of carbonyl (C=O) groups is 2. The van der Waals surface area contributed by atoms with E-state index in [4.69, 9.17) is 4.74 Å². The van der Waals surface area contributed by atoms with Gasteiger partial charge in [-0.2, -0.15) is 0 Å². The van der Waals surface area contributed by atoms with Gasteiger partial charge in [0.25, 0.3) is 0 Å². The maximum Gasteiger partial charge on any atom is 0.305 e. The first-order chi connectivity index (χ1) is 47.0. The Labute approximate surface area is 595 Å². The average molecular weight is 1340 g/mol. The second-order valence-electron chi connectivity index (χ2n) is 30.2. The van der Waals surface area contributed by atoms with Crippen LogP contribution in [0.2, 0.25) is 0 Å². The van der Waals surface area contributed by atoms with Crippen molar-refractivity contribution in [3.8, 4) is 0 Å². The largest absolute Gasteiger partial charge is 0.466 e. The van der Waals surface area contributed by atoms with E-state index in [0.29, 0.717) is 25.9 Å². The maximum atomic E-state index is 12.6. The number of hydrogen-bond donors (Lipinski definition) is 3. The molecule has 3 N–H and O–H groups in total. The molecule has 0 radical (unpaired) electrons. The van der Waals surface area contributed by atoms with Gasteiger partial charge in [-0.25, -0.2) is 0 Å². The lowest BCUT2D eigenvalue weighted by molar-refractivity contribution is -0.143. The van der Waals surface area contributed by atoms with Crippen molar-refractivity contribution in [2.45, 2.75) is 508 Å². The summed E-state index contributed by atoms with van der Waals surface area (Å²) in [6.45, 7) is 5.01. The minimum atomic E-state index is -0.664. The average Bonchev–Trinajstić information content (AvgIpc) is 2.99. The molecule has 6 nitrogen and oxygen atoms in total. The highest BCUT2D eigenvalue weighted by Gasteiger charge is 2.20. The summed E-state index contributed by atoms with van der Waals surface area (Å²) in [6.07, 6.45) is 111. The molecule has 0 heterocycles. The van der Waals surface area contributed by atoms with Crippen molar-refractivity contribution < 1.29 is 24.5 Å². The summed E-state index contributed by atoms with van der Waals surface area (Å²) in [7, 11) is 0. The summed E-state index contributed by atoms with van der Waals surface area (Å²) in [5, 5.41) is 23.5. The molecular formula is C89H171NO5. The number of hydrogen-bond acceptors (Lipinski definition) is 5. The topological polar surface area (TPSA) is 95.9 Å². The number of ether oxygens (including phenoxy) is 1. The molecule has 95 heavy (non-hydrogen) atoms. The van der Waals surface area contributed by atoms with Crippen molar-refractivity contribution >= 4 is 11.9 Å². The zero-order valence-electron chi connectivity index (χ0n) is 64.7. The summed E-state index contributed by atoms with van der Waals surface area (Å²) in [6, 6.07) is -0.540. The Bertz CT molecular complexity index is 1540. The summed E-state index contributed by atoms with van der Waals surface area (Å²) in [4.78, 5) is 24.7. The molecule has 0 aromatic heterocycles. The number of aliphatic hydroxyl groups is 2. The Balaban J connectivity index is 3.35. The van der Waals surface area contributed by atoms with Crippen LogP contribution < -0.4 is 5.32 Å². The lowest BCUT2D eigenvalue weighted by atomic mass is 10.0. The fourth-order valence-electron chi connectivity index (χ4n) is 14.0. The van der Waals surface area contributed by atoms with Crippen LogP contribution in [0.3, 0.4) is 0 Å². The molecule has 0 saturated carbocycles. The summed E-state index contributed by atoms with van der Waals surface area (Å²) in [5.74, 6) is -0.00801. The second kappa shape index (κ2) is 84.5. The molecule has 0 spiro atoms. The number of esters is 1. The first kappa shape index (κ1) is 93.1. The van der Waals surface area contributed by atoms with Crippen LogP contribution >= 0.6 is 0 Å². The van der Waals surface area contributed by atoms with Gasteiger partial charge in [0.1, 0.15) is 0 Å². The van der Waals surface area contributed by atoms with Crippen LogP contribution in [0.15, 0.2) is 36.5 Å². The number of allylic oxidation sites excluding steroid dienone is 6. The van der Waals surface area contributed by atoms with Gasteiger partial charge < -0.3 is 20.3 Å². The number of nitrogens with one attached hydrogen (secondary N) is 1. The number of aliphatic hydroxyl groups excluding tert-OH is 2. The van der Waals surface area contributed by atoms with Gasteiger partial charge in [0.2, 0.25) is 5.91 Å². The molecule has 0 bridgehead atoms. The molecule has 2 atom stereocenters. The minimum Gasteiger partial charge on any atom is -0.466 e. The third kappa shape index (κ3) is 80.9. The van der Waals surface area contributed by atoms with Gasteiger partial charge in [-0.05, 0) is 83.5 Å². The molecule has 562 valence electrons. The van der Waals surface area contributed by atoms with Gasteiger partial charge in [-0.1, -0.05) is 436 Å². The van der Waals surface area contributed by atoms with Gasteiger partial charge in [0.15, 0.2) is 0 Å². The van der Waals surface area contributed by atoms with E-state index in [1.165, 1.54) is 411 Å². The Morgan fingerprint density at radius 1 is 0.295 bits per heavy atom. The predicted molar refractivity (Wildman–Crippen MR) is 421 cm³/mol. The van der Waals surface area contributed by atoms with E-state index in [1.807, 2.05) is 0 Å².